The molecule has 0 atom stereocenters. The molecule has 0 amide bonds. The van der Waals surface area contributed by atoms with Crippen LogP contribution in [0.3, 0.4) is 0 Å². The molecule has 3 nitrogen and oxygen atoms in total. The average Bonchev–Trinajstić information content (AvgIpc) is 2.36. The van der Waals surface area contributed by atoms with Gasteiger partial charge in [-0.3, -0.25) is 0 Å². The lowest BCUT2D eigenvalue weighted by Crippen LogP contribution is -2.49. The van der Waals surface area contributed by atoms with Gasteiger partial charge in [-0.25, -0.2) is 9.97 Å². The maximum Gasteiger partial charge on any atom is 0.135 e. The summed E-state index contributed by atoms with van der Waals surface area (Å²) in [5, 5.41) is 0. The Balaban J connectivity index is 1.77. The third-order valence-electron chi connectivity index (χ3n) is 6.14. The molecule has 0 unspecified atom stereocenters. The van der Waals surface area contributed by atoms with Crippen molar-refractivity contribution in [2.24, 2.45) is 23.5 Å². The predicted molar refractivity (Wildman–Crippen MR) is 79.2 cm³/mol. The quantitative estimate of drug-likeness (QED) is 0.899. The van der Waals surface area contributed by atoms with E-state index < -0.39 is 0 Å². The first-order chi connectivity index (χ1) is 9.59. The molecule has 0 spiro atoms. The van der Waals surface area contributed by atoms with Crippen LogP contribution in [0.1, 0.15) is 61.3 Å². The van der Waals surface area contributed by atoms with Crippen LogP contribution in [0.5, 0.6) is 0 Å². The van der Waals surface area contributed by atoms with Crippen molar-refractivity contribution in [3.63, 3.8) is 0 Å². The van der Waals surface area contributed by atoms with Crippen molar-refractivity contribution in [2.75, 3.05) is 0 Å². The Morgan fingerprint density at radius 3 is 1.80 bits per heavy atom. The van der Waals surface area contributed by atoms with Crippen LogP contribution in [-0.2, 0) is 12.0 Å². The Labute approximate surface area is 121 Å². The molecule has 4 aliphatic rings. The van der Waals surface area contributed by atoms with Crippen LogP contribution in [0.15, 0.2) is 0 Å². The molecule has 0 aromatic carbocycles. The molecule has 2 N–H and O–H groups in total. The van der Waals surface area contributed by atoms with Crippen LogP contribution >= 0.6 is 0 Å². The minimum atomic E-state index is 0.303. The van der Waals surface area contributed by atoms with E-state index in [1.54, 1.807) is 0 Å². The second-order valence-corrected chi connectivity index (χ2v) is 7.60. The lowest BCUT2D eigenvalue weighted by Gasteiger charge is -2.56. The highest BCUT2D eigenvalue weighted by Gasteiger charge is 2.53. The van der Waals surface area contributed by atoms with E-state index in [9.17, 15) is 0 Å². The van der Waals surface area contributed by atoms with Crippen molar-refractivity contribution < 1.29 is 0 Å². The lowest BCUT2D eigenvalue weighted by atomic mass is 9.49. The summed E-state index contributed by atoms with van der Waals surface area (Å²) in [7, 11) is 0. The smallest absolute Gasteiger partial charge is 0.135 e. The van der Waals surface area contributed by atoms with Crippen molar-refractivity contribution >= 4 is 0 Å². The van der Waals surface area contributed by atoms with Gasteiger partial charge in [0.15, 0.2) is 0 Å². The van der Waals surface area contributed by atoms with Gasteiger partial charge in [0, 0.05) is 28.9 Å². The van der Waals surface area contributed by atoms with Gasteiger partial charge < -0.3 is 5.73 Å². The topological polar surface area (TPSA) is 51.8 Å². The number of rotatable bonds is 2. The molecular weight excluding hydrogens is 246 g/mol. The van der Waals surface area contributed by atoms with Gasteiger partial charge in [-0.15, -0.1) is 0 Å². The van der Waals surface area contributed by atoms with Crippen molar-refractivity contribution in [1.82, 2.24) is 9.97 Å². The second kappa shape index (κ2) is 4.27. The number of nitrogens with zero attached hydrogens (tertiary/aromatic N) is 2. The van der Waals surface area contributed by atoms with Gasteiger partial charge >= 0.3 is 0 Å². The fourth-order valence-corrected chi connectivity index (χ4v) is 5.66. The van der Waals surface area contributed by atoms with Gasteiger partial charge in [0.2, 0.25) is 0 Å². The van der Waals surface area contributed by atoms with E-state index in [4.69, 9.17) is 15.7 Å². The SMILES string of the molecule is Cc1nc(C23CC4CC(CC(C4)C2)C3)nc(C)c1CN. The lowest BCUT2D eigenvalue weighted by molar-refractivity contribution is -0.00956. The van der Waals surface area contributed by atoms with Crippen molar-refractivity contribution in [3.8, 4) is 0 Å². The zero-order chi connectivity index (χ0) is 13.9. The third kappa shape index (κ3) is 1.75. The molecule has 4 fully saturated rings. The first kappa shape index (κ1) is 12.8. The Kier molecular flexibility index (Phi) is 2.72. The Morgan fingerprint density at radius 2 is 1.40 bits per heavy atom. The van der Waals surface area contributed by atoms with Gasteiger partial charge in [0.25, 0.3) is 0 Å². The summed E-state index contributed by atoms with van der Waals surface area (Å²) in [6.45, 7) is 4.75. The minimum absolute atomic E-state index is 0.303. The standard InChI is InChI=1S/C17H25N3/c1-10-15(9-18)11(2)20-16(19-10)17-6-12-3-13(7-17)5-14(4-12)8-17/h12-14H,3-9,18H2,1-2H3. The van der Waals surface area contributed by atoms with E-state index in [1.165, 1.54) is 38.5 Å². The van der Waals surface area contributed by atoms with E-state index in [-0.39, 0.29) is 0 Å². The van der Waals surface area contributed by atoms with E-state index in [1.807, 2.05) is 0 Å². The molecule has 1 aromatic rings. The molecule has 5 rings (SSSR count). The Bertz CT molecular complexity index is 491. The van der Waals surface area contributed by atoms with E-state index in [2.05, 4.69) is 13.8 Å². The monoisotopic (exact) mass is 271 g/mol. The summed E-state index contributed by atoms with van der Waals surface area (Å²) >= 11 is 0. The summed E-state index contributed by atoms with van der Waals surface area (Å²) in [5.41, 5.74) is 9.47. The molecule has 1 aromatic heterocycles. The fourth-order valence-electron chi connectivity index (χ4n) is 5.66. The number of aromatic nitrogens is 2. The third-order valence-corrected chi connectivity index (χ3v) is 6.14. The van der Waals surface area contributed by atoms with Crippen molar-refractivity contribution in [1.29, 1.82) is 0 Å². The van der Waals surface area contributed by atoms with Crippen LogP contribution in [0.25, 0.3) is 0 Å². The van der Waals surface area contributed by atoms with E-state index in [0.29, 0.717) is 12.0 Å². The first-order valence-corrected chi connectivity index (χ1v) is 8.14. The molecular formula is C17H25N3. The molecule has 0 radical (unpaired) electrons. The molecule has 0 aliphatic heterocycles. The predicted octanol–water partition coefficient (Wildman–Crippen LogP) is 3.02. The van der Waals surface area contributed by atoms with Crippen LogP contribution in [0, 0.1) is 31.6 Å². The van der Waals surface area contributed by atoms with E-state index >= 15 is 0 Å². The Morgan fingerprint density at radius 1 is 0.950 bits per heavy atom. The maximum absolute atomic E-state index is 5.83. The number of hydrogen-bond donors (Lipinski definition) is 1. The van der Waals surface area contributed by atoms with Gasteiger partial charge in [-0.05, 0) is 70.1 Å². The maximum atomic E-state index is 5.83. The molecule has 1 heterocycles. The van der Waals surface area contributed by atoms with Gasteiger partial charge in [-0.2, -0.15) is 0 Å². The normalized spacial score (nSPS) is 38.5. The zero-order valence-corrected chi connectivity index (χ0v) is 12.7. The van der Waals surface area contributed by atoms with Gasteiger partial charge in [0.1, 0.15) is 5.82 Å². The van der Waals surface area contributed by atoms with Gasteiger partial charge in [-0.1, -0.05) is 0 Å². The van der Waals surface area contributed by atoms with Crippen molar-refractivity contribution in [2.45, 2.75) is 64.3 Å². The van der Waals surface area contributed by atoms with Crippen LogP contribution in [-0.4, -0.2) is 9.97 Å². The summed E-state index contributed by atoms with van der Waals surface area (Å²) in [4.78, 5) is 9.81. The molecule has 0 saturated heterocycles. The first-order valence-electron chi connectivity index (χ1n) is 8.14. The summed E-state index contributed by atoms with van der Waals surface area (Å²) < 4.78 is 0. The van der Waals surface area contributed by atoms with Gasteiger partial charge in [0.05, 0.1) is 0 Å². The summed E-state index contributed by atoms with van der Waals surface area (Å²) in [5.74, 6) is 3.97. The molecule has 3 heteroatoms. The molecule has 4 saturated carbocycles. The molecule has 20 heavy (non-hydrogen) atoms. The van der Waals surface area contributed by atoms with Crippen molar-refractivity contribution in [3.05, 3.63) is 22.8 Å². The summed E-state index contributed by atoms with van der Waals surface area (Å²) in [6, 6.07) is 0. The molecule has 4 bridgehead atoms. The highest BCUT2D eigenvalue weighted by Crippen LogP contribution is 2.60. The van der Waals surface area contributed by atoms with Crippen LogP contribution in [0.4, 0.5) is 0 Å². The fraction of sp³-hybridized carbons (Fsp3) is 0.765. The second-order valence-electron chi connectivity index (χ2n) is 7.60. The minimum Gasteiger partial charge on any atom is -0.326 e. The van der Waals surface area contributed by atoms with Crippen LogP contribution < -0.4 is 5.73 Å². The average molecular weight is 271 g/mol. The number of hydrogen-bond acceptors (Lipinski definition) is 3. The number of aryl methyl sites for hydroxylation is 2. The van der Waals surface area contributed by atoms with Crippen LogP contribution in [0.2, 0.25) is 0 Å². The zero-order valence-electron chi connectivity index (χ0n) is 12.7. The number of nitrogens with two attached hydrogens (primary N) is 1. The summed E-state index contributed by atoms with van der Waals surface area (Å²) in [6.07, 6.45) is 8.41. The highest BCUT2D eigenvalue weighted by atomic mass is 14.9. The Hall–Kier alpha value is -0.960. The molecule has 4 aliphatic carbocycles. The highest BCUT2D eigenvalue weighted by molar-refractivity contribution is 5.28. The largest absolute Gasteiger partial charge is 0.326 e. The van der Waals surface area contributed by atoms with E-state index in [0.717, 1.165) is 40.5 Å². The molecule has 108 valence electrons.